The number of aliphatic hydroxyl groups is 6. The van der Waals surface area contributed by atoms with Crippen LogP contribution in [0.15, 0.2) is 69.6 Å². The summed E-state index contributed by atoms with van der Waals surface area (Å²) < 4.78 is 0. The monoisotopic (exact) mass is 930 g/mol. The molecule has 8 atom stereocenters. The number of primary amides is 2. The fourth-order valence-corrected chi connectivity index (χ4v) is 11.5. The van der Waals surface area contributed by atoms with Crippen LogP contribution in [-0.2, 0) is 32.0 Å². The number of carbonyl (C=O) groups is 6. The van der Waals surface area contributed by atoms with Crippen LogP contribution >= 0.6 is 0 Å². The van der Waals surface area contributed by atoms with Crippen molar-refractivity contribution in [1.82, 2.24) is 9.80 Å². The van der Waals surface area contributed by atoms with Crippen molar-refractivity contribution >= 4 is 34.9 Å². The van der Waals surface area contributed by atoms with Gasteiger partial charge in [-0.05, 0) is 114 Å². The third-order valence-corrected chi connectivity index (χ3v) is 14.5. The van der Waals surface area contributed by atoms with Crippen molar-refractivity contribution < 1.29 is 69.6 Å². The molecule has 2 aromatic carbocycles. The summed E-state index contributed by atoms with van der Waals surface area (Å²) in [6.07, 6.45) is 2.09. The number of hydrogen-bond acceptors (Lipinski definition) is 16. The Morgan fingerprint density at radius 3 is 1.29 bits per heavy atom. The second-order valence-electron chi connectivity index (χ2n) is 18.7. The third-order valence-electron chi connectivity index (χ3n) is 14.5. The Bertz CT molecular complexity index is 2760. The number of nitrogens with two attached hydrogens (primary N) is 2. The maximum absolute atomic E-state index is 14.1. The molecule has 0 saturated heterocycles. The average Bonchev–Trinajstić information content (AvgIpc) is 3.25. The van der Waals surface area contributed by atoms with Crippen LogP contribution in [-0.4, -0.2) is 137 Å². The van der Waals surface area contributed by atoms with Gasteiger partial charge >= 0.3 is 0 Å². The van der Waals surface area contributed by atoms with Gasteiger partial charge in [0.25, 0.3) is 11.8 Å². The molecule has 68 heavy (non-hydrogen) atoms. The highest BCUT2D eigenvalue weighted by molar-refractivity contribution is 6.26. The number of unbranched alkanes of at least 4 members (excludes halogenated alkanes) is 3. The highest BCUT2D eigenvalue weighted by atomic mass is 16.4. The van der Waals surface area contributed by atoms with Crippen LogP contribution in [0.2, 0.25) is 0 Å². The minimum Gasteiger partial charge on any atom is -0.510 e. The van der Waals surface area contributed by atoms with Gasteiger partial charge in [0.05, 0.1) is 23.2 Å². The van der Waals surface area contributed by atoms with Gasteiger partial charge in [0, 0.05) is 47.0 Å². The molecule has 0 bridgehead atoms. The van der Waals surface area contributed by atoms with E-state index in [-0.39, 0.29) is 48.0 Å². The topological polar surface area (TPSA) is 323 Å². The number of rotatable bonds is 7. The van der Waals surface area contributed by atoms with Crippen LogP contribution in [0.4, 0.5) is 0 Å². The molecule has 0 unspecified atom stereocenters. The molecule has 354 valence electrons. The Balaban J connectivity index is 0.980. The number of aliphatic hydroxyl groups excluding tert-OH is 4. The number of carbonyl (C=O) groups excluding carboxylic acids is 6. The first-order chi connectivity index (χ1) is 32.0. The van der Waals surface area contributed by atoms with Crippen molar-refractivity contribution in [2.75, 3.05) is 28.2 Å². The first-order valence-corrected chi connectivity index (χ1v) is 22.0. The molecular formula is C50H50N4O14. The summed E-state index contributed by atoms with van der Waals surface area (Å²) >= 11 is 0. The van der Waals surface area contributed by atoms with E-state index in [9.17, 15) is 69.6 Å². The highest BCUT2D eigenvalue weighted by Gasteiger charge is 2.65. The number of nitrogens with zero attached hydrogens (tertiary/aromatic N) is 2. The molecule has 6 aliphatic rings. The molecule has 0 fully saturated rings. The minimum absolute atomic E-state index is 0.0609. The van der Waals surface area contributed by atoms with E-state index in [0.29, 0.717) is 47.9 Å². The summed E-state index contributed by atoms with van der Waals surface area (Å²) in [4.78, 5) is 82.7. The van der Waals surface area contributed by atoms with E-state index in [1.54, 1.807) is 40.3 Å². The van der Waals surface area contributed by atoms with Gasteiger partial charge in [0.1, 0.15) is 45.7 Å². The van der Waals surface area contributed by atoms with E-state index in [1.807, 2.05) is 0 Å². The normalized spacial score (nSPS) is 28.5. The maximum atomic E-state index is 14.1. The Labute approximate surface area is 389 Å². The number of Topliss-reactive ketones (excluding diaryl/α,β-unsaturated/α-hetero) is 4. The number of phenolic OH excluding ortho intramolecular Hbond substituents is 2. The van der Waals surface area contributed by atoms with Crippen LogP contribution in [0.1, 0.15) is 81.5 Å². The molecule has 0 radical (unpaired) electrons. The molecule has 0 saturated carbocycles. The van der Waals surface area contributed by atoms with Crippen LogP contribution in [0.25, 0.3) is 0 Å². The van der Waals surface area contributed by atoms with Crippen LogP contribution < -0.4 is 11.5 Å². The lowest BCUT2D eigenvalue weighted by Crippen LogP contribution is -2.63. The first kappa shape index (κ1) is 47.3. The Kier molecular flexibility index (Phi) is 11.7. The molecule has 0 heterocycles. The van der Waals surface area contributed by atoms with Gasteiger partial charge in [-0.1, -0.05) is 23.7 Å². The van der Waals surface area contributed by atoms with Gasteiger partial charge in [-0.3, -0.25) is 38.6 Å². The van der Waals surface area contributed by atoms with Gasteiger partial charge in [-0.25, -0.2) is 0 Å². The molecule has 2 amide bonds. The van der Waals surface area contributed by atoms with Gasteiger partial charge in [0.15, 0.2) is 22.8 Å². The van der Waals surface area contributed by atoms with Crippen molar-refractivity contribution in [3.05, 3.63) is 103 Å². The van der Waals surface area contributed by atoms with Crippen molar-refractivity contribution in [2.45, 2.75) is 74.7 Å². The maximum Gasteiger partial charge on any atom is 0.255 e. The molecule has 0 aliphatic heterocycles. The van der Waals surface area contributed by atoms with Gasteiger partial charge in [-0.2, -0.15) is 0 Å². The first-order valence-electron chi connectivity index (χ1n) is 22.0. The third kappa shape index (κ3) is 6.81. The number of allylic oxidation sites excluding steroid dienone is 2. The summed E-state index contributed by atoms with van der Waals surface area (Å²) in [6.45, 7) is 0. The average molecular weight is 931 g/mol. The molecule has 18 nitrogen and oxygen atoms in total. The zero-order valence-corrected chi connectivity index (χ0v) is 37.5. The predicted octanol–water partition coefficient (Wildman–Crippen LogP) is 1.52. The van der Waals surface area contributed by atoms with E-state index in [2.05, 4.69) is 23.7 Å². The summed E-state index contributed by atoms with van der Waals surface area (Å²) in [6, 6.07) is 3.48. The Morgan fingerprint density at radius 1 is 0.618 bits per heavy atom. The summed E-state index contributed by atoms with van der Waals surface area (Å²) in [5.74, 6) is -2.36. The van der Waals surface area contributed by atoms with Gasteiger partial charge in [-0.15, -0.1) is 0 Å². The number of amides is 2. The predicted molar refractivity (Wildman–Crippen MR) is 240 cm³/mol. The Hall–Kier alpha value is -7.22. The summed E-state index contributed by atoms with van der Waals surface area (Å²) in [7, 11) is 6.21. The zero-order chi connectivity index (χ0) is 49.6. The number of fused-ring (bicyclic) bond motifs is 6. The lowest BCUT2D eigenvalue weighted by atomic mass is 9.58. The molecule has 12 N–H and O–H groups in total. The minimum atomic E-state index is -2.75. The molecule has 2 aromatic rings. The largest absolute Gasteiger partial charge is 0.510 e. The van der Waals surface area contributed by atoms with Crippen LogP contribution in [0.5, 0.6) is 11.5 Å². The van der Waals surface area contributed by atoms with E-state index in [1.165, 1.54) is 21.9 Å². The SMILES string of the molecule is CN(C)[C@@H]1C(O)=C(C(N)=O)C(=O)[C@@]2(O)C(O)=C3C(=O)c4c(O)ccc(C#CCCCCC#Cc5ccc(O)c6c5C[C@H]5C[C@H]7[C@H](N(C)C)C(O)=C(C(N)=O)C(=O)[C@@]7(O)C(O)=C5C6=O)c4C[C@H]3C[C@@H]12. The second-order valence-corrected chi connectivity index (χ2v) is 18.7. The standard InChI is InChI=1S/C50H50N4O14/c1-53(2)37-27-19-23-17-25-21(13-15-29(55)33(25)39(57)31(23)43(61)49(27,67)45(63)35(41(37)59)47(51)65)11-9-7-5-6-8-10-12-22-14-16-30(56)34-26(22)18-24-20-28-38(54(3)4)42(60)36(48(52)66)46(64)50(28,68)44(62)32(24)40(34)58/h13-16,23-24,27-28,37-38,55-56,59-62,67-68H,5-8,17-20H2,1-4H3,(H2,51,65)(H2,52,66)/t23-,24-,27-,28-,37-,38-,49-,50-/m0/s1. The molecule has 8 rings (SSSR count). The number of aromatic hydroxyl groups is 2. The number of phenols is 2. The summed E-state index contributed by atoms with van der Waals surface area (Å²) in [5.41, 5.74) is 4.46. The lowest BCUT2D eigenvalue weighted by Gasteiger charge is -2.50. The number of hydrogen-bond donors (Lipinski definition) is 10. The smallest absolute Gasteiger partial charge is 0.255 e. The molecular weight excluding hydrogens is 881 g/mol. The highest BCUT2D eigenvalue weighted by Crippen LogP contribution is 2.54. The van der Waals surface area contributed by atoms with E-state index < -0.39 is 128 Å². The van der Waals surface area contributed by atoms with Gasteiger partial charge in [0.2, 0.25) is 11.6 Å². The van der Waals surface area contributed by atoms with Gasteiger partial charge < -0.3 is 52.3 Å². The molecule has 0 aromatic heterocycles. The van der Waals surface area contributed by atoms with Crippen molar-refractivity contribution in [3.63, 3.8) is 0 Å². The number of benzene rings is 2. The van der Waals surface area contributed by atoms with Crippen LogP contribution in [0, 0.1) is 47.4 Å². The number of likely N-dealkylation sites (N-methyl/N-ethyl adjacent to an activating group) is 2. The van der Waals surface area contributed by atoms with E-state index in [4.69, 9.17) is 11.5 Å². The zero-order valence-electron chi connectivity index (χ0n) is 37.5. The molecule has 18 heteroatoms. The fraction of sp³-hybridized carbons (Fsp3) is 0.400. The lowest BCUT2D eigenvalue weighted by molar-refractivity contribution is -0.149. The van der Waals surface area contributed by atoms with E-state index in [0.717, 1.165) is 0 Å². The molecule has 0 spiro atoms. The van der Waals surface area contributed by atoms with Crippen LogP contribution in [0.3, 0.4) is 0 Å². The Morgan fingerprint density at radius 2 is 0.971 bits per heavy atom. The van der Waals surface area contributed by atoms with E-state index >= 15 is 0 Å². The molecule has 6 aliphatic carbocycles. The number of ketones is 4. The van der Waals surface area contributed by atoms with Crippen molar-refractivity contribution in [2.24, 2.45) is 35.1 Å². The van der Waals surface area contributed by atoms with Crippen molar-refractivity contribution in [3.8, 4) is 35.2 Å². The fourth-order valence-electron chi connectivity index (χ4n) is 11.5. The second kappa shape index (κ2) is 16.8. The van der Waals surface area contributed by atoms with Crippen molar-refractivity contribution in [1.29, 1.82) is 0 Å². The quantitative estimate of drug-likeness (QED) is 0.107. The summed E-state index contributed by atoms with van der Waals surface area (Å²) in [5, 5.41) is 90.6.